The van der Waals surface area contributed by atoms with E-state index in [1.54, 1.807) is 6.07 Å². The Hall–Kier alpha value is -1.86. The molecule has 0 aromatic heterocycles. The number of hydrogen-bond acceptors (Lipinski definition) is 6. The summed E-state index contributed by atoms with van der Waals surface area (Å²) >= 11 is 0. The minimum atomic E-state index is -0.435. The second-order valence-corrected chi connectivity index (χ2v) is 4.73. The molecule has 1 heterocycles. The lowest BCUT2D eigenvalue weighted by molar-refractivity contribution is -0.384. The molecule has 7 heteroatoms. The lowest BCUT2D eigenvalue weighted by Gasteiger charge is -2.20. The minimum Gasteiger partial charge on any atom is -0.382 e. The molecule has 19 heavy (non-hydrogen) atoms. The van der Waals surface area contributed by atoms with Crippen molar-refractivity contribution in [3.05, 3.63) is 28.3 Å². The Morgan fingerprint density at radius 3 is 2.79 bits per heavy atom. The van der Waals surface area contributed by atoms with E-state index in [1.807, 2.05) is 6.92 Å². The molecule has 0 amide bonds. The predicted octanol–water partition coefficient (Wildman–Crippen LogP) is 1.72. The van der Waals surface area contributed by atoms with Crippen molar-refractivity contribution in [2.75, 3.05) is 24.0 Å². The van der Waals surface area contributed by atoms with Gasteiger partial charge in [-0.1, -0.05) is 0 Å². The Morgan fingerprint density at radius 2 is 2.21 bits per heavy atom. The van der Waals surface area contributed by atoms with Crippen LogP contribution >= 0.6 is 0 Å². The predicted molar refractivity (Wildman–Crippen MR) is 72.9 cm³/mol. The van der Waals surface area contributed by atoms with Gasteiger partial charge in [0.1, 0.15) is 0 Å². The highest BCUT2D eigenvalue weighted by molar-refractivity contribution is 5.63. The number of nitro groups is 1. The SMILES string of the molecule is CC(Nc1cc(NN)cc([N+](=O)[O-])c1)C1CCOC1. The average molecular weight is 266 g/mol. The van der Waals surface area contributed by atoms with Crippen molar-refractivity contribution in [3.63, 3.8) is 0 Å². The number of ether oxygens (including phenoxy) is 1. The third-order valence-corrected chi connectivity index (χ3v) is 3.36. The van der Waals surface area contributed by atoms with Gasteiger partial charge in [-0.25, -0.2) is 0 Å². The largest absolute Gasteiger partial charge is 0.382 e. The smallest absolute Gasteiger partial charge is 0.273 e. The summed E-state index contributed by atoms with van der Waals surface area (Å²) in [6.07, 6.45) is 1.01. The molecule has 0 aliphatic carbocycles. The van der Waals surface area contributed by atoms with E-state index in [1.165, 1.54) is 12.1 Å². The second kappa shape index (κ2) is 5.85. The Kier molecular flexibility index (Phi) is 4.18. The van der Waals surface area contributed by atoms with Crippen molar-refractivity contribution in [2.45, 2.75) is 19.4 Å². The quantitative estimate of drug-likeness (QED) is 0.426. The summed E-state index contributed by atoms with van der Waals surface area (Å²) in [6, 6.07) is 4.84. The molecule has 1 aliphatic heterocycles. The van der Waals surface area contributed by atoms with Crippen molar-refractivity contribution in [1.82, 2.24) is 0 Å². The van der Waals surface area contributed by atoms with Crippen LogP contribution in [0.4, 0.5) is 17.1 Å². The maximum Gasteiger partial charge on any atom is 0.273 e. The summed E-state index contributed by atoms with van der Waals surface area (Å²) in [4.78, 5) is 10.4. The zero-order valence-electron chi connectivity index (χ0n) is 10.8. The first-order valence-electron chi connectivity index (χ1n) is 6.20. The van der Waals surface area contributed by atoms with E-state index in [2.05, 4.69) is 10.7 Å². The summed E-state index contributed by atoms with van der Waals surface area (Å²) in [7, 11) is 0. The number of benzene rings is 1. The van der Waals surface area contributed by atoms with Gasteiger partial charge in [0.15, 0.2) is 0 Å². The Bertz CT molecular complexity index is 460. The highest BCUT2D eigenvalue weighted by Gasteiger charge is 2.22. The lowest BCUT2D eigenvalue weighted by atomic mass is 10.0. The van der Waals surface area contributed by atoms with E-state index in [9.17, 15) is 10.1 Å². The molecule has 0 radical (unpaired) electrons. The van der Waals surface area contributed by atoms with E-state index in [0.29, 0.717) is 17.3 Å². The standard InChI is InChI=1S/C12H18N4O3/c1-8(9-2-3-19-7-9)14-10-4-11(15-13)6-12(5-10)16(17)18/h4-6,8-9,14-15H,2-3,7,13H2,1H3. The van der Waals surface area contributed by atoms with Gasteiger partial charge in [-0.2, -0.15) is 0 Å². The fourth-order valence-corrected chi connectivity index (χ4v) is 2.21. The molecule has 1 saturated heterocycles. The number of hydrogen-bond donors (Lipinski definition) is 3. The van der Waals surface area contributed by atoms with Crippen molar-refractivity contribution in [2.24, 2.45) is 11.8 Å². The first kappa shape index (κ1) is 13.6. The van der Waals surface area contributed by atoms with Gasteiger partial charge in [0.25, 0.3) is 5.69 Å². The number of nitro benzene ring substituents is 1. The van der Waals surface area contributed by atoms with Gasteiger partial charge in [-0.05, 0) is 19.4 Å². The van der Waals surface area contributed by atoms with E-state index in [4.69, 9.17) is 10.6 Å². The molecule has 4 N–H and O–H groups in total. The van der Waals surface area contributed by atoms with E-state index in [0.717, 1.165) is 19.6 Å². The molecule has 1 fully saturated rings. The second-order valence-electron chi connectivity index (χ2n) is 4.73. The minimum absolute atomic E-state index is 0.00724. The zero-order chi connectivity index (χ0) is 13.8. The van der Waals surface area contributed by atoms with Crippen LogP contribution in [0.2, 0.25) is 0 Å². The molecule has 2 atom stereocenters. The molecule has 0 saturated carbocycles. The number of anilines is 2. The topological polar surface area (TPSA) is 102 Å². The lowest BCUT2D eigenvalue weighted by Crippen LogP contribution is -2.26. The summed E-state index contributed by atoms with van der Waals surface area (Å²) in [5, 5.41) is 14.1. The maximum atomic E-state index is 10.9. The molecule has 7 nitrogen and oxygen atoms in total. The van der Waals surface area contributed by atoms with Gasteiger partial charge >= 0.3 is 0 Å². The van der Waals surface area contributed by atoms with Gasteiger partial charge in [-0.3, -0.25) is 16.0 Å². The number of nitrogen functional groups attached to an aromatic ring is 1. The molecule has 2 unspecified atom stereocenters. The van der Waals surface area contributed by atoms with Gasteiger partial charge in [0, 0.05) is 36.4 Å². The van der Waals surface area contributed by atoms with Crippen LogP contribution in [0, 0.1) is 16.0 Å². The fraction of sp³-hybridized carbons (Fsp3) is 0.500. The maximum absolute atomic E-state index is 10.9. The van der Waals surface area contributed by atoms with Crippen LogP contribution < -0.4 is 16.6 Å². The van der Waals surface area contributed by atoms with Crippen molar-refractivity contribution in [3.8, 4) is 0 Å². The molecular formula is C12H18N4O3. The molecule has 0 spiro atoms. The van der Waals surface area contributed by atoms with Crippen LogP contribution in [0.3, 0.4) is 0 Å². The molecular weight excluding hydrogens is 248 g/mol. The Labute approximate surface area is 111 Å². The van der Waals surface area contributed by atoms with Crippen LogP contribution in [-0.4, -0.2) is 24.2 Å². The van der Waals surface area contributed by atoms with Crippen LogP contribution in [0.15, 0.2) is 18.2 Å². The van der Waals surface area contributed by atoms with Crippen molar-refractivity contribution in [1.29, 1.82) is 0 Å². The van der Waals surface area contributed by atoms with Crippen molar-refractivity contribution < 1.29 is 9.66 Å². The van der Waals surface area contributed by atoms with Crippen LogP contribution in [0.25, 0.3) is 0 Å². The van der Waals surface area contributed by atoms with Crippen LogP contribution in [0.5, 0.6) is 0 Å². The zero-order valence-corrected chi connectivity index (χ0v) is 10.8. The molecule has 104 valence electrons. The highest BCUT2D eigenvalue weighted by Crippen LogP contribution is 2.26. The number of rotatable bonds is 5. The van der Waals surface area contributed by atoms with Gasteiger partial charge in [0.2, 0.25) is 0 Å². The van der Waals surface area contributed by atoms with Crippen LogP contribution in [-0.2, 0) is 4.74 Å². The summed E-state index contributed by atoms with van der Waals surface area (Å²) in [6.45, 7) is 3.56. The number of nitrogens with one attached hydrogen (secondary N) is 2. The molecule has 1 aromatic carbocycles. The van der Waals surface area contributed by atoms with Gasteiger partial charge in [0.05, 0.1) is 17.2 Å². The number of nitrogens with two attached hydrogens (primary N) is 1. The monoisotopic (exact) mass is 266 g/mol. The van der Waals surface area contributed by atoms with E-state index >= 15 is 0 Å². The molecule has 2 rings (SSSR count). The molecule has 1 aliphatic rings. The normalized spacial score (nSPS) is 20.0. The Balaban J connectivity index is 2.14. The molecule has 0 bridgehead atoms. The molecule has 1 aromatic rings. The van der Waals surface area contributed by atoms with Crippen LogP contribution in [0.1, 0.15) is 13.3 Å². The summed E-state index contributed by atoms with van der Waals surface area (Å²) in [5.41, 5.74) is 3.63. The number of nitrogens with zero attached hydrogens (tertiary/aromatic N) is 1. The summed E-state index contributed by atoms with van der Waals surface area (Å²) in [5.74, 6) is 5.74. The van der Waals surface area contributed by atoms with E-state index in [-0.39, 0.29) is 11.7 Å². The average Bonchev–Trinajstić information content (AvgIpc) is 2.92. The highest BCUT2D eigenvalue weighted by atomic mass is 16.6. The summed E-state index contributed by atoms with van der Waals surface area (Å²) < 4.78 is 5.34. The number of hydrazine groups is 1. The third kappa shape index (κ3) is 3.33. The van der Waals surface area contributed by atoms with Gasteiger partial charge < -0.3 is 15.5 Å². The number of non-ortho nitro benzene ring substituents is 1. The van der Waals surface area contributed by atoms with Crippen molar-refractivity contribution >= 4 is 17.1 Å². The third-order valence-electron chi connectivity index (χ3n) is 3.36. The fourth-order valence-electron chi connectivity index (χ4n) is 2.21. The van der Waals surface area contributed by atoms with Gasteiger partial charge in [-0.15, -0.1) is 0 Å². The first-order valence-corrected chi connectivity index (χ1v) is 6.20. The van der Waals surface area contributed by atoms with E-state index < -0.39 is 4.92 Å². The first-order chi connectivity index (χ1) is 9.10. The Morgan fingerprint density at radius 1 is 1.47 bits per heavy atom.